The summed E-state index contributed by atoms with van der Waals surface area (Å²) in [5, 5.41) is 0.934. The van der Waals surface area contributed by atoms with Gasteiger partial charge in [0.1, 0.15) is 0 Å². The molecule has 0 saturated carbocycles. The third kappa shape index (κ3) is 1.53. The molecule has 2 atom stereocenters. The van der Waals surface area contributed by atoms with Gasteiger partial charge in [0.15, 0.2) is 0 Å². The van der Waals surface area contributed by atoms with Crippen LogP contribution >= 0.6 is 27.5 Å². The molecule has 0 aliphatic heterocycles. The Balaban J connectivity index is 2.57. The first-order valence-electron chi connectivity index (χ1n) is 4.52. The molecule has 0 radical (unpaired) electrons. The van der Waals surface area contributed by atoms with Crippen LogP contribution in [0.2, 0.25) is 5.02 Å². The minimum absolute atomic E-state index is 0.486. The van der Waals surface area contributed by atoms with Gasteiger partial charge >= 0.3 is 0 Å². The first-order valence-corrected chi connectivity index (χ1v) is 5.82. The van der Waals surface area contributed by atoms with E-state index in [1.807, 2.05) is 0 Å². The molecule has 0 saturated heterocycles. The van der Waals surface area contributed by atoms with Gasteiger partial charge in [-0.25, -0.2) is 0 Å². The summed E-state index contributed by atoms with van der Waals surface area (Å²) in [5.74, 6) is 0.661. The molecule has 2 heteroatoms. The Morgan fingerprint density at radius 1 is 1.46 bits per heavy atom. The van der Waals surface area contributed by atoms with Crippen LogP contribution in [-0.2, 0) is 6.42 Å². The summed E-state index contributed by atoms with van der Waals surface area (Å²) < 4.78 is 0. The number of aryl methyl sites for hydroxylation is 1. The number of rotatable bonds is 0. The van der Waals surface area contributed by atoms with E-state index in [1.54, 1.807) is 0 Å². The van der Waals surface area contributed by atoms with Gasteiger partial charge < -0.3 is 0 Å². The third-order valence-corrected chi connectivity index (χ3v) is 4.43. The zero-order valence-corrected chi connectivity index (χ0v) is 10.1. The van der Waals surface area contributed by atoms with E-state index in [-0.39, 0.29) is 0 Å². The van der Waals surface area contributed by atoms with Crippen LogP contribution in [0.25, 0.3) is 0 Å². The monoisotopic (exact) mass is 258 g/mol. The molecule has 0 heterocycles. The molecule has 0 amide bonds. The molecule has 2 rings (SSSR count). The Hall–Kier alpha value is -0.0100. The van der Waals surface area contributed by atoms with Gasteiger partial charge in [0.25, 0.3) is 0 Å². The summed E-state index contributed by atoms with van der Waals surface area (Å²) in [6, 6.07) is 4.29. The minimum Gasteiger partial charge on any atom is -0.0840 e. The summed E-state index contributed by atoms with van der Waals surface area (Å²) in [7, 11) is 0. The summed E-state index contributed by atoms with van der Waals surface area (Å²) in [4.78, 5) is 0.486. The fourth-order valence-electron chi connectivity index (χ4n) is 1.99. The lowest BCUT2D eigenvalue weighted by Gasteiger charge is -2.08. The molecule has 0 nitrogen and oxygen atoms in total. The standard InChI is InChI=1S/C11H12BrCl/c1-6-3-9-8(10(13)4-6)5-7(2)11(9)12/h3-4,7,11H,5H2,1-2H3. The number of fused-ring (bicyclic) bond motifs is 1. The van der Waals surface area contributed by atoms with E-state index in [0.29, 0.717) is 10.7 Å². The first-order chi connectivity index (χ1) is 6.09. The van der Waals surface area contributed by atoms with Gasteiger partial charge in [0.2, 0.25) is 0 Å². The van der Waals surface area contributed by atoms with Gasteiger partial charge in [-0.15, -0.1) is 0 Å². The minimum atomic E-state index is 0.486. The van der Waals surface area contributed by atoms with Crippen LogP contribution in [-0.4, -0.2) is 0 Å². The fourth-order valence-corrected chi connectivity index (χ4v) is 2.95. The zero-order valence-electron chi connectivity index (χ0n) is 7.77. The van der Waals surface area contributed by atoms with E-state index in [9.17, 15) is 0 Å². The predicted octanol–water partition coefficient (Wildman–Crippen LogP) is 4.28. The second kappa shape index (κ2) is 3.29. The van der Waals surface area contributed by atoms with Crippen molar-refractivity contribution < 1.29 is 0 Å². The number of benzene rings is 1. The summed E-state index contributed by atoms with van der Waals surface area (Å²) in [6.07, 6.45) is 1.10. The van der Waals surface area contributed by atoms with E-state index in [4.69, 9.17) is 11.6 Å². The van der Waals surface area contributed by atoms with Crippen molar-refractivity contribution in [2.45, 2.75) is 25.1 Å². The summed E-state index contributed by atoms with van der Waals surface area (Å²) >= 11 is 9.90. The van der Waals surface area contributed by atoms with Crippen molar-refractivity contribution in [2.24, 2.45) is 5.92 Å². The van der Waals surface area contributed by atoms with Gasteiger partial charge in [-0.3, -0.25) is 0 Å². The molecule has 70 valence electrons. The van der Waals surface area contributed by atoms with Gasteiger partial charge in [0, 0.05) is 9.85 Å². The lowest BCUT2D eigenvalue weighted by molar-refractivity contribution is 0.623. The predicted molar refractivity (Wildman–Crippen MR) is 60.7 cm³/mol. The quantitative estimate of drug-likeness (QED) is 0.610. The average Bonchev–Trinajstić information content (AvgIpc) is 2.32. The highest BCUT2D eigenvalue weighted by Crippen LogP contribution is 2.44. The third-order valence-electron chi connectivity index (χ3n) is 2.70. The molecular weight excluding hydrogens is 247 g/mol. The maximum Gasteiger partial charge on any atom is 0.0443 e. The van der Waals surface area contributed by atoms with Crippen LogP contribution in [0.3, 0.4) is 0 Å². The van der Waals surface area contributed by atoms with Gasteiger partial charge in [-0.1, -0.05) is 40.5 Å². The Bertz CT molecular complexity index is 346. The van der Waals surface area contributed by atoms with Crippen LogP contribution in [0.15, 0.2) is 12.1 Å². The highest BCUT2D eigenvalue weighted by Gasteiger charge is 2.28. The number of hydrogen-bond donors (Lipinski definition) is 0. The molecule has 0 aromatic heterocycles. The zero-order chi connectivity index (χ0) is 9.59. The van der Waals surface area contributed by atoms with Crippen molar-refractivity contribution in [3.63, 3.8) is 0 Å². The van der Waals surface area contributed by atoms with Crippen LogP contribution in [0.1, 0.15) is 28.4 Å². The Morgan fingerprint density at radius 3 is 2.85 bits per heavy atom. The maximum absolute atomic E-state index is 6.18. The van der Waals surface area contributed by atoms with Crippen molar-refractivity contribution in [1.82, 2.24) is 0 Å². The van der Waals surface area contributed by atoms with Crippen molar-refractivity contribution in [1.29, 1.82) is 0 Å². The normalized spacial score (nSPS) is 26.2. The average molecular weight is 260 g/mol. The summed E-state index contributed by atoms with van der Waals surface area (Å²) in [5.41, 5.74) is 3.97. The largest absolute Gasteiger partial charge is 0.0840 e. The maximum atomic E-state index is 6.18. The van der Waals surface area contributed by atoms with Crippen LogP contribution in [0.4, 0.5) is 0 Å². The molecule has 1 aromatic rings. The molecule has 13 heavy (non-hydrogen) atoms. The van der Waals surface area contributed by atoms with Crippen molar-refractivity contribution >= 4 is 27.5 Å². The SMILES string of the molecule is Cc1cc(Cl)c2c(c1)C(Br)C(C)C2. The number of halogens is 2. The topological polar surface area (TPSA) is 0 Å². The molecule has 0 spiro atoms. The number of hydrogen-bond acceptors (Lipinski definition) is 0. The van der Waals surface area contributed by atoms with Crippen molar-refractivity contribution in [3.05, 3.63) is 33.8 Å². The van der Waals surface area contributed by atoms with Crippen molar-refractivity contribution in [3.8, 4) is 0 Å². The molecule has 1 aromatic carbocycles. The van der Waals surface area contributed by atoms with Gasteiger partial charge in [0.05, 0.1) is 0 Å². The Kier molecular flexibility index (Phi) is 2.41. The molecule has 1 aliphatic rings. The van der Waals surface area contributed by atoms with Crippen LogP contribution < -0.4 is 0 Å². The van der Waals surface area contributed by atoms with Crippen LogP contribution in [0.5, 0.6) is 0 Å². The highest BCUT2D eigenvalue weighted by atomic mass is 79.9. The van der Waals surface area contributed by atoms with Gasteiger partial charge in [-0.2, -0.15) is 0 Å². The second-order valence-corrected chi connectivity index (χ2v) is 5.29. The van der Waals surface area contributed by atoms with E-state index >= 15 is 0 Å². The van der Waals surface area contributed by atoms with Crippen molar-refractivity contribution in [2.75, 3.05) is 0 Å². The molecule has 2 unspecified atom stereocenters. The Labute approximate surface area is 92.4 Å². The smallest absolute Gasteiger partial charge is 0.0443 e. The van der Waals surface area contributed by atoms with E-state index in [0.717, 1.165) is 11.4 Å². The van der Waals surface area contributed by atoms with E-state index in [2.05, 4.69) is 41.9 Å². The second-order valence-electron chi connectivity index (χ2n) is 3.90. The molecule has 0 N–H and O–H groups in total. The van der Waals surface area contributed by atoms with E-state index < -0.39 is 0 Å². The lowest BCUT2D eigenvalue weighted by atomic mass is 10.1. The Morgan fingerprint density at radius 2 is 2.15 bits per heavy atom. The highest BCUT2D eigenvalue weighted by molar-refractivity contribution is 9.09. The van der Waals surface area contributed by atoms with Gasteiger partial charge in [-0.05, 0) is 42.0 Å². The first kappa shape index (κ1) is 9.54. The molecule has 0 fully saturated rings. The lowest BCUT2D eigenvalue weighted by Crippen LogP contribution is -1.94. The molecule has 1 aliphatic carbocycles. The fraction of sp³-hybridized carbons (Fsp3) is 0.455. The van der Waals surface area contributed by atoms with Crippen LogP contribution in [0, 0.1) is 12.8 Å². The van der Waals surface area contributed by atoms with E-state index in [1.165, 1.54) is 16.7 Å². The number of alkyl halides is 1. The molecule has 0 bridgehead atoms. The summed E-state index contributed by atoms with van der Waals surface area (Å²) in [6.45, 7) is 4.35. The molecular formula is C11H12BrCl.